The fourth-order valence-corrected chi connectivity index (χ4v) is 6.29. The van der Waals surface area contributed by atoms with Gasteiger partial charge >= 0.3 is 6.18 Å². The first-order valence-electron chi connectivity index (χ1n) is 16.0. The van der Waals surface area contributed by atoms with Crippen LogP contribution in [0.5, 0.6) is 0 Å². The zero-order chi connectivity index (χ0) is 34.7. The highest BCUT2D eigenvalue weighted by molar-refractivity contribution is 5.80. The minimum absolute atomic E-state index is 0.0481. The molecular weight excluding hydrogens is 641 g/mol. The fourth-order valence-electron chi connectivity index (χ4n) is 6.29. The summed E-state index contributed by atoms with van der Waals surface area (Å²) in [5.74, 6) is -1.93. The van der Waals surface area contributed by atoms with Crippen LogP contribution in [0.1, 0.15) is 35.4 Å². The van der Waals surface area contributed by atoms with Crippen molar-refractivity contribution in [2.24, 2.45) is 0 Å². The summed E-state index contributed by atoms with van der Waals surface area (Å²) in [7, 11) is 2.03. The van der Waals surface area contributed by atoms with Crippen molar-refractivity contribution in [3.8, 4) is 11.1 Å². The Morgan fingerprint density at radius 2 is 1.57 bits per heavy atom. The summed E-state index contributed by atoms with van der Waals surface area (Å²) in [5.41, 5.74) is 1.37. The van der Waals surface area contributed by atoms with Gasteiger partial charge in [0.1, 0.15) is 18.0 Å². The third-order valence-electron chi connectivity index (χ3n) is 9.06. The molecule has 49 heavy (non-hydrogen) atoms. The number of aromatic nitrogens is 3. The second-order valence-electron chi connectivity index (χ2n) is 12.3. The molecule has 1 saturated heterocycles. The molecule has 5 aromatic rings. The lowest BCUT2D eigenvalue weighted by molar-refractivity contribution is -0.137. The highest BCUT2D eigenvalue weighted by atomic mass is 19.4. The number of carbonyl (C=O) groups is 1. The normalized spacial score (nSPS) is 14.3. The number of amides is 1. The first-order valence-corrected chi connectivity index (χ1v) is 16.0. The SMILES string of the molecule is CN1CCC(N(Cc2ccc(-c3ccc(C(F)(F)F)cc3)cc2)C(=O)Cn2c(CCc3cccc(F)c3F)nc(=O)c3cccnc32)CC1. The lowest BCUT2D eigenvalue weighted by atomic mass is 10.0. The van der Waals surface area contributed by atoms with Gasteiger partial charge in [-0.05, 0) is 92.0 Å². The van der Waals surface area contributed by atoms with Crippen LogP contribution in [0.3, 0.4) is 0 Å². The maximum Gasteiger partial charge on any atom is 0.416 e. The topological polar surface area (TPSA) is 71.3 Å². The molecule has 0 radical (unpaired) electrons. The van der Waals surface area contributed by atoms with E-state index in [0.29, 0.717) is 5.56 Å². The van der Waals surface area contributed by atoms with E-state index < -0.39 is 28.9 Å². The van der Waals surface area contributed by atoms with Crippen LogP contribution in [-0.2, 0) is 36.9 Å². The summed E-state index contributed by atoms with van der Waals surface area (Å²) in [6, 6.07) is 19.4. The summed E-state index contributed by atoms with van der Waals surface area (Å²) in [5, 5.41) is 0.237. The van der Waals surface area contributed by atoms with E-state index in [-0.39, 0.29) is 60.3 Å². The van der Waals surface area contributed by atoms with Gasteiger partial charge in [-0.15, -0.1) is 0 Å². The standard InChI is InChI=1S/C37H34F5N5O2/c1-45-20-17-29(18-21-45)46(22-24-7-9-25(10-8-24)26-11-14-28(15-12-26)37(40,41)42)33(48)23-47-32(16-13-27-4-2-6-31(38)34(27)39)44-36(49)30-5-3-19-43-35(30)47/h2-12,14-15,19,29H,13,16-18,20-23H2,1H3. The van der Waals surface area contributed by atoms with Crippen LogP contribution >= 0.6 is 0 Å². The molecule has 7 nitrogen and oxygen atoms in total. The van der Waals surface area contributed by atoms with Crippen molar-refractivity contribution >= 4 is 16.9 Å². The molecule has 1 aliphatic rings. The number of piperidine rings is 1. The van der Waals surface area contributed by atoms with Gasteiger partial charge in [-0.25, -0.2) is 13.8 Å². The summed E-state index contributed by atoms with van der Waals surface area (Å²) >= 11 is 0. The second-order valence-corrected chi connectivity index (χ2v) is 12.3. The molecule has 0 aliphatic carbocycles. The van der Waals surface area contributed by atoms with Gasteiger partial charge in [0.2, 0.25) is 5.91 Å². The maximum absolute atomic E-state index is 14.5. The first kappa shape index (κ1) is 33.9. The molecule has 1 fully saturated rings. The number of benzene rings is 3. The highest BCUT2D eigenvalue weighted by Crippen LogP contribution is 2.31. The summed E-state index contributed by atoms with van der Waals surface area (Å²) in [6.07, 6.45) is -1.29. The number of pyridine rings is 1. The van der Waals surface area contributed by atoms with E-state index in [0.717, 1.165) is 55.3 Å². The van der Waals surface area contributed by atoms with E-state index in [1.165, 1.54) is 30.5 Å². The third-order valence-corrected chi connectivity index (χ3v) is 9.06. The lowest BCUT2D eigenvalue weighted by Crippen LogP contribution is -2.47. The Balaban J connectivity index is 1.29. The largest absolute Gasteiger partial charge is 0.416 e. The molecule has 0 atom stereocenters. The average molecular weight is 676 g/mol. The minimum Gasteiger partial charge on any atom is -0.334 e. The third kappa shape index (κ3) is 7.69. The number of hydrogen-bond donors (Lipinski definition) is 0. The Morgan fingerprint density at radius 3 is 2.24 bits per heavy atom. The van der Waals surface area contributed by atoms with Crippen LogP contribution in [0.2, 0.25) is 0 Å². The van der Waals surface area contributed by atoms with Gasteiger partial charge in [0, 0.05) is 25.2 Å². The maximum atomic E-state index is 14.5. The van der Waals surface area contributed by atoms with Gasteiger partial charge in [0.25, 0.3) is 5.56 Å². The monoisotopic (exact) mass is 675 g/mol. The van der Waals surface area contributed by atoms with E-state index in [1.54, 1.807) is 16.7 Å². The Labute approximate surface area is 279 Å². The molecule has 0 unspecified atom stereocenters. The van der Waals surface area contributed by atoms with E-state index in [9.17, 15) is 31.5 Å². The Morgan fingerprint density at radius 1 is 0.898 bits per heavy atom. The van der Waals surface area contributed by atoms with E-state index in [4.69, 9.17) is 0 Å². The van der Waals surface area contributed by atoms with Crippen LogP contribution in [0.25, 0.3) is 22.2 Å². The smallest absolute Gasteiger partial charge is 0.334 e. The van der Waals surface area contributed by atoms with Gasteiger partial charge in [-0.1, -0.05) is 48.5 Å². The van der Waals surface area contributed by atoms with Crippen LogP contribution in [0.15, 0.2) is 89.9 Å². The minimum atomic E-state index is -4.42. The molecule has 6 rings (SSSR count). The molecular formula is C37H34F5N5O2. The number of likely N-dealkylation sites (tertiary alicyclic amines) is 1. The predicted octanol–water partition coefficient (Wildman–Crippen LogP) is 6.66. The molecule has 2 aromatic heterocycles. The molecule has 1 aliphatic heterocycles. The van der Waals surface area contributed by atoms with Crippen LogP contribution in [-0.4, -0.2) is 56.4 Å². The Bertz CT molecular complexity index is 2000. The Hall–Kier alpha value is -4.97. The second kappa shape index (κ2) is 14.3. The van der Waals surface area contributed by atoms with E-state index in [1.807, 2.05) is 36.2 Å². The molecule has 3 heterocycles. The molecule has 0 saturated carbocycles. The molecule has 12 heteroatoms. The zero-order valence-electron chi connectivity index (χ0n) is 26.8. The van der Waals surface area contributed by atoms with Crippen molar-refractivity contribution in [3.63, 3.8) is 0 Å². The number of carbonyl (C=O) groups excluding carboxylic acids is 1. The predicted molar refractivity (Wildman–Crippen MR) is 176 cm³/mol. The fraction of sp³-hybridized carbons (Fsp3) is 0.297. The van der Waals surface area contributed by atoms with Crippen molar-refractivity contribution in [2.75, 3.05) is 20.1 Å². The molecule has 1 amide bonds. The van der Waals surface area contributed by atoms with Crippen molar-refractivity contribution < 1.29 is 26.7 Å². The quantitative estimate of drug-likeness (QED) is 0.164. The first-order chi connectivity index (χ1) is 23.5. The van der Waals surface area contributed by atoms with Gasteiger partial charge in [0.15, 0.2) is 11.6 Å². The van der Waals surface area contributed by atoms with Crippen LogP contribution in [0, 0.1) is 11.6 Å². The molecule has 0 N–H and O–H groups in total. The lowest BCUT2D eigenvalue weighted by Gasteiger charge is -2.37. The number of rotatable bonds is 9. The Kier molecular flexibility index (Phi) is 9.86. The number of fused-ring (bicyclic) bond motifs is 1. The van der Waals surface area contributed by atoms with Crippen molar-refractivity contribution in [1.29, 1.82) is 0 Å². The number of alkyl halides is 3. The van der Waals surface area contributed by atoms with Gasteiger partial charge in [-0.3, -0.25) is 9.59 Å². The van der Waals surface area contributed by atoms with E-state index >= 15 is 0 Å². The van der Waals surface area contributed by atoms with Crippen molar-refractivity contribution in [1.82, 2.24) is 24.3 Å². The zero-order valence-corrected chi connectivity index (χ0v) is 26.8. The van der Waals surface area contributed by atoms with Gasteiger partial charge < -0.3 is 14.4 Å². The number of aryl methyl sites for hydroxylation is 2. The summed E-state index contributed by atoms with van der Waals surface area (Å²) in [4.78, 5) is 40.0. The van der Waals surface area contributed by atoms with E-state index in [2.05, 4.69) is 14.9 Å². The average Bonchev–Trinajstić information content (AvgIpc) is 3.09. The van der Waals surface area contributed by atoms with Gasteiger partial charge in [0.05, 0.1) is 10.9 Å². The highest BCUT2D eigenvalue weighted by Gasteiger charge is 2.30. The number of nitrogens with zero attached hydrogens (tertiary/aromatic N) is 5. The molecule has 0 bridgehead atoms. The number of halogens is 5. The molecule has 254 valence electrons. The van der Waals surface area contributed by atoms with Gasteiger partial charge in [-0.2, -0.15) is 18.2 Å². The van der Waals surface area contributed by atoms with Crippen molar-refractivity contribution in [2.45, 2.75) is 51.0 Å². The molecule has 0 spiro atoms. The molecule has 3 aromatic carbocycles. The van der Waals surface area contributed by atoms with Crippen molar-refractivity contribution in [3.05, 3.63) is 130 Å². The van der Waals surface area contributed by atoms with Crippen LogP contribution < -0.4 is 5.56 Å². The summed E-state index contributed by atoms with van der Waals surface area (Å²) < 4.78 is 69.1. The summed E-state index contributed by atoms with van der Waals surface area (Å²) in [6.45, 7) is 1.70. The van der Waals surface area contributed by atoms with Crippen LogP contribution in [0.4, 0.5) is 22.0 Å². The number of hydrogen-bond acceptors (Lipinski definition) is 5.